The van der Waals surface area contributed by atoms with Crippen LogP contribution >= 0.6 is 0 Å². The van der Waals surface area contributed by atoms with Crippen LogP contribution in [0.1, 0.15) is 284 Å². The highest BCUT2D eigenvalue weighted by molar-refractivity contribution is 5.76. The van der Waals surface area contributed by atoms with Gasteiger partial charge in [-0.15, -0.1) is 0 Å². The maximum absolute atomic E-state index is 13.5. The highest BCUT2D eigenvalue weighted by atomic mass is 16.8. The molecular formula is C80H141NO18. The molecule has 3 rings (SSSR count). The summed E-state index contributed by atoms with van der Waals surface area (Å²) in [6, 6.07) is -0.985. The molecule has 3 aliphatic rings. The van der Waals surface area contributed by atoms with Crippen LogP contribution in [0.4, 0.5) is 0 Å². The van der Waals surface area contributed by atoms with Crippen LogP contribution in [-0.4, -0.2) is 193 Å². The fraction of sp³-hybridized carbons (Fsp3) is 0.812. The Labute approximate surface area is 597 Å². The van der Waals surface area contributed by atoms with Gasteiger partial charge in [0, 0.05) is 6.42 Å². The minimum Gasteiger partial charge on any atom is -0.394 e. The monoisotopic (exact) mass is 1400 g/mol. The van der Waals surface area contributed by atoms with Gasteiger partial charge in [0.05, 0.1) is 38.6 Å². The van der Waals surface area contributed by atoms with Crippen molar-refractivity contribution in [1.29, 1.82) is 0 Å². The molecule has 3 aliphatic heterocycles. The summed E-state index contributed by atoms with van der Waals surface area (Å²) in [5.74, 6) is -0.284. The van der Waals surface area contributed by atoms with E-state index in [0.717, 1.165) is 103 Å². The number of rotatable bonds is 61. The van der Waals surface area contributed by atoms with Gasteiger partial charge in [-0.3, -0.25) is 4.79 Å². The van der Waals surface area contributed by atoms with E-state index in [-0.39, 0.29) is 18.9 Å². The molecule has 0 aliphatic carbocycles. The minimum atomic E-state index is -1.98. The molecule has 0 saturated carbocycles. The number of carbonyl (C=O) groups excluding carboxylic acids is 1. The molecule has 12 N–H and O–H groups in total. The SMILES string of the molecule is CC/C=C\C/C=C\C/C=C\C/C=C\C/C=C\C/C=C\CCCCCCCCCCC(=O)NC(COC1OC(CO)C(OC2OC(CO)C(OC3OC(CO)C(O)C(O)C3O)C(O)C2O)C(O)C1O)C(O)/C=C/CCCCCCCCCCCCCCCCCCCCCCCCCCC. The van der Waals surface area contributed by atoms with E-state index in [4.69, 9.17) is 28.4 Å². The summed E-state index contributed by atoms with van der Waals surface area (Å²) < 4.78 is 34.4. The van der Waals surface area contributed by atoms with E-state index in [1.54, 1.807) is 6.08 Å². The average molecular weight is 1400 g/mol. The first-order valence-electron chi connectivity index (χ1n) is 39.3. The summed E-state index contributed by atoms with van der Waals surface area (Å²) in [4.78, 5) is 13.5. The largest absolute Gasteiger partial charge is 0.394 e. The Morgan fingerprint density at radius 2 is 0.697 bits per heavy atom. The van der Waals surface area contributed by atoms with Gasteiger partial charge in [0.25, 0.3) is 0 Å². The van der Waals surface area contributed by atoms with Gasteiger partial charge in [-0.1, -0.05) is 292 Å². The number of aliphatic hydroxyl groups is 11. The van der Waals surface area contributed by atoms with Crippen molar-refractivity contribution in [2.24, 2.45) is 0 Å². The van der Waals surface area contributed by atoms with E-state index in [1.165, 1.54) is 154 Å². The van der Waals surface area contributed by atoms with Crippen molar-refractivity contribution < 1.29 is 89.4 Å². The maximum Gasteiger partial charge on any atom is 0.220 e. The van der Waals surface area contributed by atoms with Crippen molar-refractivity contribution in [3.63, 3.8) is 0 Å². The van der Waals surface area contributed by atoms with E-state index < -0.39 is 124 Å². The summed E-state index contributed by atoms with van der Waals surface area (Å²) in [6.07, 6.45) is 52.7. The molecule has 0 aromatic rings. The highest BCUT2D eigenvalue weighted by Crippen LogP contribution is 2.33. The van der Waals surface area contributed by atoms with Crippen molar-refractivity contribution in [1.82, 2.24) is 5.32 Å². The molecule has 574 valence electrons. The van der Waals surface area contributed by atoms with Gasteiger partial charge in [0.1, 0.15) is 73.2 Å². The summed E-state index contributed by atoms with van der Waals surface area (Å²) in [7, 11) is 0. The van der Waals surface area contributed by atoms with E-state index in [9.17, 15) is 61.0 Å². The van der Waals surface area contributed by atoms with Crippen molar-refractivity contribution >= 4 is 5.91 Å². The standard InChI is InChI=1S/C80H141NO18/c1-3-5-7-9-11-13-15-17-19-21-23-25-27-29-31-33-35-37-39-41-43-45-47-49-51-53-55-57-64(85)63(81-68(86)58-56-54-52-50-48-46-44-42-40-38-36-34-32-30-28-26-24-22-20-18-16-14-12-10-8-6-4-2)62-94-78-74(92)71(89)76(66(60-83)96-78)99-80-75(93)72(90)77(67(61-84)97-80)98-79-73(91)70(88)69(87)65(59-82)95-79/h6,8,12,14,18,20,24,26,30,32,36,38,55,57,63-67,69-80,82-85,87-93H,3-5,7,9-11,13,15-17,19,21-23,25,27-29,31,33-35,37,39-54,56,58-62H2,1-2H3,(H,81,86)/b8-6-,14-12-,20-18-,26-24-,32-30-,38-36-,57-55+. The Balaban J connectivity index is 1.40. The topological polar surface area (TPSA) is 307 Å². The second-order valence-electron chi connectivity index (χ2n) is 27.8. The molecule has 17 unspecified atom stereocenters. The number of unbranched alkanes of at least 4 members (excludes halogenated alkanes) is 33. The Morgan fingerprint density at radius 3 is 1.09 bits per heavy atom. The molecule has 19 heteroatoms. The quantitative estimate of drug-likeness (QED) is 0.0199. The van der Waals surface area contributed by atoms with Gasteiger partial charge in [-0.05, 0) is 70.6 Å². The molecule has 99 heavy (non-hydrogen) atoms. The van der Waals surface area contributed by atoms with Crippen LogP contribution in [0.3, 0.4) is 0 Å². The molecule has 17 atom stereocenters. The van der Waals surface area contributed by atoms with E-state index in [2.05, 4.69) is 92.1 Å². The fourth-order valence-corrected chi connectivity index (χ4v) is 12.9. The number of amides is 1. The van der Waals surface area contributed by atoms with Gasteiger partial charge in [-0.25, -0.2) is 0 Å². The third kappa shape index (κ3) is 40.7. The molecule has 1 amide bonds. The molecule has 0 spiro atoms. The lowest BCUT2D eigenvalue weighted by Crippen LogP contribution is -2.66. The van der Waals surface area contributed by atoms with Gasteiger partial charge in [0.15, 0.2) is 18.9 Å². The second-order valence-corrected chi connectivity index (χ2v) is 27.8. The van der Waals surface area contributed by atoms with Crippen LogP contribution in [0, 0.1) is 0 Å². The Hall–Kier alpha value is -3.03. The minimum absolute atomic E-state index is 0.229. The van der Waals surface area contributed by atoms with Gasteiger partial charge in [0.2, 0.25) is 5.91 Å². The molecule has 3 saturated heterocycles. The van der Waals surface area contributed by atoms with Crippen molar-refractivity contribution in [3.8, 4) is 0 Å². The average Bonchev–Trinajstić information content (AvgIpc) is 0.784. The van der Waals surface area contributed by atoms with Crippen molar-refractivity contribution in [3.05, 3.63) is 85.1 Å². The second kappa shape index (κ2) is 60.3. The number of hydrogen-bond acceptors (Lipinski definition) is 18. The normalized spacial score (nSPS) is 27.1. The molecule has 0 bridgehead atoms. The van der Waals surface area contributed by atoms with Crippen LogP contribution in [0.2, 0.25) is 0 Å². The Morgan fingerprint density at radius 1 is 0.374 bits per heavy atom. The molecule has 3 heterocycles. The summed E-state index contributed by atoms with van der Waals surface area (Å²) in [5.41, 5.74) is 0. The zero-order chi connectivity index (χ0) is 71.8. The molecular weight excluding hydrogens is 1260 g/mol. The molecule has 3 fully saturated rings. The van der Waals surface area contributed by atoms with Crippen LogP contribution in [0.15, 0.2) is 85.1 Å². The predicted octanol–water partition coefficient (Wildman–Crippen LogP) is 12.6. The van der Waals surface area contributed by atoms with Gasteiger partial charge in [-0.2, -0.15) is 0 Å². The van der Waals surface area contributed by atoms with Crippen LogP contribution < -0.4 is 5.32 Å². The van der Waals surface area contributed by atoms with Crippen LogP contribution in [-0.2, 0) is 33.2 Å². The first kappa shape index (κ1) is 90.2. The summed E-state index contributed by atoms with van der Waals surface area (Å²) >= 11 is 0. The van der Waals surface area contributed by atoms with Crippen molar-refractivity contribution in [2.75, 3.05) is 26.4 Å². The number of aliphatic hydroxyl groups excluding tert-OH is 11. The van der Waals surface area contributed by atoms with Crippen LogP contribution in [0.25, 0.3) is 0 Å². The predicted molar refractivity (Wildman–Crippen MR) is 392 cm³/mol. The van der Waals surface area contributed by atoms with Crippen LogP contribution in [0.5, 0.6) is 0 Å². The highest BCUT2D eigenvalue weighted by Gasteiger charge is 2.53. The summed E-state index contributed by atoms with van der Waals surface area (Å²) in [6.45, 7) is 1.64. The smallest absolute Gasteiger partial charge is 0.220 e. The number of nitrogens with one attached hydrogen (secondary N) is 1. The first-order valence-corrected chi connectivity index (χ1v) is 39.3. The number of ether oxygens (including phenoxy) is 6. The lowest BCUT2D eigenvalue weighted by atomic mass is 9.96. The molecule has 0 aromatic carbocycles. The zero-order valence-electron chi connectivity index (χ0n) is 61.2. The maximum atomic E-state index is 13.5. The lowest BCUT2D eigenvalue weighted by molar-refractivity contribution is -0.379. The van der Waals surface area contributed by atoms with E-state index in [0.29, 0.717) is 6.42 Å². The Kier molecular flexibility index (Phi) is 54.9. The zero-order valence-corrected chi connectivity index (χ0v) is 61.2. The van der Waals surface area contributed by atoms with E-state index >= 15 is 0 Å². The summed E-state index contributed by atoms with van der Waals surface area (Å²) in [5, 5.41) is 121. The third-order valence-corrected chi connectivity index (χ3v) is 19.2. The van der Waals surface area contributed by atoms with Crippen molar-refractivity contribution in [2.45, 2.75) is 388 Å². The Bertz CT molecular complexity index is 2120. The molecule has 0 radical (unpaired) electrons. The van der Waals surface area contributed by atoms with Gasteiger partial charge < -0.3 is 89.9 Å². The number of allylic oxidation sites excluding steroid dienone is 13. The van der Waals surface area contributed by atoms with E-state index in [1.807, 2.05) is 6.08 Å². The molecule has 19 nitrogen and oxygen atoms in total. The number of hydrogen-bond donors (Lipinski definition) is 12. The fourth-order valence-electron chi connectivity index (χ4n) is 12.9. The first-order chi connectivity index (χ1) is 48.3. The third-order valence-electron chi connectivity index (χ3n) is 19.2. The number of carbonyl (C=O) groups is 1. The molecule has 0 aromatic heterocycles. The lowest BCUT2D eigenvalue weighted by Gasteiger charge is -2.48. The van der Waals surface area contributed by atoms with Gasteiger partial charge >= 0.3 is 0 Å².